The Hall–Kier alpha value is -2.28. The first-order valence-electron chi connectivity index (χ1n) is 7.46. The fourth-order valence-corrected chi connectivity index (χ4v) is 2.43. The molecule has 1 atom stereocenters. The number of ether oxygens (including phenoxy) is 3. The minimum Gasteiger partial charge on any atom is -0.467 e. The molecule has 7 nitrogen and oxygen atoms in total. The Labute approximate surface area is 151 Å². The molecule has 0 heterocycles. The van der Waals surface area contributed by atoms with Crippen LogP contribution < -0.4 is 5.32 Å². The molecule has 0 unspecified atom stereocenters. The lowest BCUT2D eigenvalue weighted by Gasteiger charge is -2.32. The number of alkyl carbamates (subject to hydrolysis) is 1. The molecule has 0 spiro atoms. The van der Waals surface area contributed by atoms with E-state index in [0.717, 1.165) is 14.2 Å². The first-order chi connectivity index (χ1) is 11.6. The Morgan fingerprint density at radius 3 is 1.88 bits per heavy atom. The predicted molar refractivity (Wildman–Crippen MR) is 91.2 cm³/mol. The van der Waals surface area contributed by atoms with Gasteiger partial charge in [-0.3, -0.25) is 0 Å². The van der Waals surface area contributed by atoms with Crippen LogP contribution in [-0.2, 0) is 23.8 Å². The predicted octanol–water partition coefficient (Wildman–Crippen LogP) is 2.58. The molecule has 0 aliphatic carbocycles. The van der Waals surface area contributed by atoms with Gasteiger partial charge in [0.05, 0.1) is 20.3 Å². The van der Waals surface area contributed by atoms with Crippen molar-refractivity contribution in [2.45, 2.75) is 37.3 Å². The number of amides is 1. The number of esters is 2. The molecule has 0 aromatic heterocycles. The molecule has 1 aromatic rings. The molecule has 1 N–H and O–H groups in total. The van der Waals surface area contributed by atoms with E-state index in [1.807, 2.05) is 0 Å². The fourth-order valence-electron chi connectivity index (χ4n) is 2.10. The number of hydrogen-bond donors (Lipinski definition) is 1. The highest BCUT2D eigenvalue weighted by Crippen LogP contribution is 2.35. The summed E-state index contributed by atoms with van der Waals surface area (Å²) in [6.45, 7) is 5.04. The van der Waals surface area contributed by atoms with E-state index < -0.39 is 34.5 Å². The average molecular weight is 372 g/mol. The van der Waals surface area contributed by atoms with Crippen LogP contribution in [0.25, 0.3) is 0 Å². The van der Waals surface area contributed by atoms with Crippen LogP contribution in [0, 0.1) is 0 Å². The summed E-state index contributed by atoms with van der Waals surface area (Å²) >= 11 is 6.34. The summed E-state index contributed by atoms with van der Waals surface area (Å²) in [5.74, 6) is -2.13. The lowest BCUT2D eigenvalue weighted by atomic mass is 9.92. The van der Waals surface area contributed by atoms with Crippen LogP contribution in [0.1, 0.15) is 32.4 Å². The number of methoxy groups -OCH3 is 2. The third-order valence-electron chi connectivity index (χ3n) is 3.16. The maximum Gasteiger partial charge on any atom is 0.408 e. The van der Waals surface area contributed by atoms with Crippen LogP contribution in [0.3, 0.4) is 0 Å². The maximum atomic E-state index is 12.3. The van der Waals surface area contributed by atoms with Crippen molar-refractivity contribution in [3.8, 4) is 0 Å². The quantitative estimate of drug-likeness (QED) is 0.370. The summed E-state index contributed by atoms with van der Waals surface area (Å²) in [6.07, 6.45) is -0.848. The van der Waals surface area contributed by atoms with E-state index in [9.17, 15) is 14.4 Å². The number of hydrogen-bond acceptors (Lipinski definition) is 6. The summed E-state index contributed by atoms with van der Waals surface area (Å²) in [7, 11) is 2.16. The number of nitrogens with one attached hydrogen (secondary N) is 1. The zero-order chi connectivity index (χ0) is 19.3. The Morgan fingerprint density at radius 2 is 1.48 bits per heavy atom. The van der Waals surface area contributed by atoms with Crippen molar-refractivity contribution in [3.63, 3.8) is 0 Å². The molecule has 0 fully saturated rings. The van der Waals surface area contributed by atoms with E-state index in [-0.39, 0.29) is 0 Å². The second kappa shape index (κ2) is 8.20. The van der Waals surface area contributed by atoms with Gasteiger partial charge in [-0.2, -0.15) is 0 Å². The fraction of sp³-hybridized carbons (Fsp3) is 0.471. The van der Waals surface area contributed by atoms with Gasteiger partial charge >= 0.3 is 18.0 Å². The average Bonchev–Trinajstić information content (AvgIpc) is 2.56. The Morgan fingerprint density at radius 1 is 1.00 bits per heavy atom. The zero-order valence-electron chi connectivity index (χ0n) is 14.8. The number of rotatable bonds is 5. The maximum absolute atomic E-state index is 12.3. The summed E-state index contributed by atoms with van der Waals surface area (Å²) < 4.78 is 14.5. The minimum absolute atomic E-state index is 0.402. The third kappa shape index (κ3) is 5.09. The topological polar surface area (TPSA) is 90.9 Å². The zero-order valence-corrected chi connectivity index (χ0v) is 15.5. The SMILES string of the molecule is COC(=O)C(Cl)(C(=O)OC)[C@@H](NC(=O)OC(C)(C)C)c1ccccc1. The smallest absolute Gasteiger partial charge is 0.408 e. The van der Waals surface area contributed by atoms with Crippen LogP contribution in [0.2, 0.25) is 0 Å². The molecule has 0 saturated heterocycles. The third-order valence-corrected chi connectivity index (χ3v) is 3.68. The Bertz CT molecular complexity index is 610. The molecule has 0 saturated carbocycles. The van der Waals surface area contributed by atoms with Gasteiger partial charge in [0, 0.05) is 0 Å². The second-order valence-corrected chi connectivity index (χ2v) is 6.78. The number of alkyl halides is 1. The van der Waals surface area contributed by atoms with E-state index in [1.54, 1.807) is 51.1 Å². The summed E-state index contributed by atoms with van der Waals surface area (Å²) in [6, 6.07) is 7.01. The van der Waals surface area contributed by atoms with Gasteiger partial charge in [0.25, 0.3) is 4.87 Å². The molecule has 0 bridgehead atoms. The van der Waals surface area contributed by atoms with Crippen LogP contribution >= 0.6 is 11.6 Å². The lowest BCUT2D eigenvalue weighted by molar-refractivity contribution is -0.157. The molecule has 1 amide bonds. The van der Waals surface area contributed by atoms with Gasteiger partial charge in [-0.15, -0.1) is 0 Å². The van der Waals surface area contributed by atoms with Crippen molar-refractivity contribution in [1.29, 1.82) is 0 Å². The van der Waals surface area contributed by atoms with Crippen LogP contribution in [0.5, 0.6) is 0 Å². The Kier molecular flexibility index (Phi) is 6.81. The molecule has 138 valence electrons. The van der Waals surface area contributed by atoms with Gasteiger partial charge < -0.3 is 19.5 Å². The number of benzene rings is 1. The minimum atomic E-state index is -2.32. The van der Waals surface area contributed by atoms with Gasteiger partial charge in [-0.05, 0) is 26.3 Å². The van der Waals surface area contributed by atoms with Gasteiger partial charge in [0.15, 0.2) is 0 Å². The van der Waals surface area contributed by atoms with E-state index in [1.165, 1.54) is 0 Å². The highest BCUT2D eigenvalue weighted by molar-refractivity contribution is 6.45. The van der Waals surface area contributed by atoms with Crippen LogP contribution in [-0.4, -0.2) is 42.7 Å². The molecular weight excluding hydrogens is 350 g/mol. The number of carbonyl (C=O) groups excluding carboxylic acids is 3. The van der Waals surface area contributed by atoms with Crippen molar-refractivity contribution >= 4 is 29.6 Å². The van der Waals surface area contributed by atoms with Crippen LogP contribution in [0.15, 0.2) is 30.3 Å². The largest absolute Gasteiger partial charge is 0.467 e. The summed E-state index contributed by atoms with van der Waals surface area (Å²) in [5, 5.41) is 2.47. The molecule has 0 aliphatic rings. The van der Waals surface area contributed by atoms with Gasteiger partial charge in [0.2, 0.25) is 0 Å². The summed E-state index contributed by atoms with van der Waals surface area (Å²) in [4.78, 5) is 34.4. The molecule has 0 radical (unpaired) electrons. The van der Waals surface area contributed by atoms with Crippen molar-refractivity contribution in [3.05, 3.63) is 35.9 Å². The second-order valence-electron chi connectivity index (χ2n) is 6.18. The first kappa shape index (κ1) is 20.8. The van der Waals surface area contributed by atoms with Crippen molar-refractivity contribution in [2.24, 2.45) is 0 Å². The first-order valence-corrected chi connectivity index (χ1v) is 7.84. The highest BCUT2D eigenvalue weighted by atomic mass is 35.5. The van der Waals surface area contributed by atoms with Crippen LogP contribution in [0.4, 0.5) is 4.79 Å². The standard InChI is InChI=1S/C17H22ClNO6/c1-16(2,3)25-15(22)19-12(11-9-7-6-8-10-11)17(18,13(20)23-4)14(21)24-5/h6-10,12H,1-5H3,(H,19,22)/t12-/m0/s1. The lowest BCUT2D eigenvalue weighted by Crippen LogP contribution is -2.54. The van der Waals surface area contributed by atoms with Gasteiger partial charge in [-0.25, -0.2) is 14.4 Å². The van der Waals surface area contributed by atoms with E-state index in [4.69, 9.17) is 16.3 Å². The molecule has 1 rings (SSSR count). The van der Waals surface area contributed by atoms with Crippen molar-refractivity contribution < 1.29 is 28.6 Å². The number of carbonyl (C=O) groups is 3. The molecule has 25 heavy (non-hydrogen) atoms. The van der Waals surface area contributed by atoms with E-state index in [2.05, 4.69) is 14.8 Å². The molecule has 0 aliphatic heterocycles. The van der Waals surface area contributed by atoms with Crippen molar-refractivity contribution in [1.82, 2.24) is 5.32 Å². The summed E-state index contributed by atoms with van der Waals surface area (Å²) in [5.41, 5.74) is -0.379. The monoisotopic (exact) mass is 371 g/mol. The van der Waals surface area contributed by atoms with Gasteiger partial charge in [0.1, 0.15) is 5.60 Å². The van der Waals surface area contributed by atoms with E-state index in [0.29, 0.717) is 5.56 Å². The molecule has 1 aromatic carbocycles. The highest BCUT2D eigenvalue weighted by Gasteiger charge is 2.55. The normalized spacial score (nSPS) is 12.7. The van der Waals surface area contributed by atoms with Crippen molar-refractivity contribution in [2.75, 3.05) is 14.2 Å². The molecule has 8 heteroatoms. The Balaban J connectivity index is 3.36. The number of halogens is 1. The molecular formula is C17H22ClNO6. The van der Waals surface area contributed by atoms with Gasteiger partial charge in [-0.1, -0.05) is 41.9 Å². The van der Waals surface area contributed by atoms with E-state index >= 15 is 0 Å².